The van der Waals surface area contributed by atoms with Gasteiger partial charge in [0.2, 0.25) is 0 Å². The summed E-state index contributed by atoms with van der Waals surface area (Å²) in [6, 6.07) is 1.35. The Bertz CT molecular complexity index is 302. The van der Waals surface area contributed by atoms with Crippen molar-refractivity contribution in [1.29, 1.82) is 0 Å². The van der Waals surface area contributed by atoms with Crippen LogP contribution in [-0.4, -0.2) is 24.7 Å². The van der Waals surface area contributed by atoms with E-state index in [4.69, 9.17) is 4.74 Å². The van der Waals surface area contributed by atoms with Crippen LogP contribution in [-0.2, 0) is 9.53 Å². The minimum Gasteiger partial charge on any atom is -0.466 e. The number of nitrogens with one attached hydrogen (secondary N) is 1. The highest BCUT2D eigenvalue weighted by atomic mass is 16.5. The van der Waals surface area contributed by atoms with E-state index in [2.05, 4.69) is 12.2 Å². The first-order valence-electron chi connectivity index (χ1n) is 9.15. The second-order valence-corrected chi connectivity index (χ2v) is 6.97. The third-order valence-corrected chi connectivity index (χ3v) is 5.36. The van der Waals surface area contributed by atoms with Crippen LogP contribution < -0.4 is 5.32 Å². The lowest BCUT2D eigenvalue weighted by molar-refractivity contribution is -0.149. The summed E-state index contributed by atoms with van der Waals surface area (Å²) < 4.78 is 5.14. The summed E-state index contributed by atoms with van der Waals surface area (Å²) in [6.45, 7) is 4.70. The zero-order valence-electron chi connectivity index (χ0n) is 13.9. The molecular formula is C18H33NO2. The van der Waals surface area contributed by atoms with Gasteiger partial charge in [0, 0.05) is 12.1 Å². The molecule has 0 heterocycles. The van der Waals surface area contributed by atoms with Crippen molar-refractivity contribution in [2.24, 2.45) is 11.8 Å². The Kier molecular flexibility index (Phi) is 7.01. The van der Waals surface area contributed by atoms with Gasteiger partial charge < -0.3 is 10.1 Å². The summed E-state index contributed by atoms with van der Waals surface area (Å²) in [4.78, 5) is 11.7. The van der Waals surface area contributed by atoms with Gasteiger partial charge in [0.15, 0.2) is 0 Å². The lowest BCUT2D eigenvalue weighted by atomic mass is 9.81. The molecule has 2 aliphatic rings. The zero-order chi connectivity index (χ0) is 15.1. The summed E-state index contributed by atoms with van der Waals surface area (Å²) >= 11 is 0. The Labute approximate surface area is 130 Å². The predicted octanol–water partition coefficient (Wildman–Crippen LogP) is 4.06. The van der Waals surface area contributed by atoms with Gasteiger partial charge in [-0.25, -0.2) is 0 Å². The molecule has 0 aliphatic heterocycles. The average molecular weight is 295 g/mol. The summed E-state index contributed by atoms with van der Waals surface area (Å²) in [7, 11) is 0. The monoisotopic (exact) mass is 295 g/mol. The Hall–Kier alpha value is -0.570. The van der Waals surface area contributed by atoms with Gasteiger partial charge in [-0.05, 0) is 64.2 Å². The second-order valence-electron chi connectivity index (χ2n) is 6.97. The van der Waals surface area contributed by atoms with Gasteiger partial charge in [0.25, 0.3) is 0 Å². The molecule has 0 spiro atoms. The topological polar surface area (TPSA) is 38.3 Å². The molecule has 0 radical (unpaired) electrons. The first-order valence-corrected chi connectivity index (χ1v) is 9.15. The van der Waals surface area contributed by atoms with E-state index >= 15 is 0 Å². The summed E-state index contributed by atoms with van der Waals surface area (Å²) in [5.41, 5.74) is 0. The molecule has 0 unspecified atom stereocenters. The smallest absolute Gasteiger partial charge is 0.308 e. The quantitative estimate of drug-likeness (QED) is 0.751. The van der Waals surface area contributed by atoms with E-state index < -0.39 is 0 Å². The van der Waals surface area contributed by atoms with Crippen LogP contribution in [0.25, 0.3) is 0 Å². The summed E-state index contributed by atoms with van der Waals surface area (Å²) in [6.07, 6.45) is 12.5. The number of ether oxygens (including phenoxy) is 1. The van der Waals surface area contributed by atoms with Crippen LogP contribution >= 0.6 is 0 Å². The van der Waals surface area contributed by atoms with Gasteiger partial charge in [0.1, 0.15) is 0 Å². The highest BCUT2D eigenvalue weighted by molar-refractivity contribution is 5.72. The molecule has 0 aromatic carbocycles. The van der Waals surface area contributed by atoms with Gasteiger partial charge >= 0.3 is 5.97 Å². The Morgan fingerprint density at radius 2 is 1.52 bits per heavy atom. The molecule has 2 fully saturated rings. The molecular weight excluding hydrogens is 262 g/mol. The van der Waals surface area contributed by atoms with Crippen molar-refractivity contribution >= 4 is 5.97 Å². The van der Waals surface area contributed by atoms with Crippen LogP contribution in [0.1, 0.15) is 78.1 Å². The molecule has 3 heteroatoms. The highest BCUT2D eigenvalue weighted by Crippen LogP contribution is 2.30. The molecule has 3 nitrogen and oxygen atoms in total. The number of carbonyl (C=O) groups is 1. The summed E-state index contributed by atoms with van der Waals surface area (Å²) in [5, 5.41) is 3.86. The fraction of sp³-hybridized carbons (Fsp3) is 0.944. The van der Waals surface area contributed by atoms with Crippen LogP contribution in [0.2, 0.25) is 0 Å². The number of carbonyl (C=O) groups excluding carboxylic acids is 1. The maximum absolute atomic E-state index is 11.7. The second kappa shape index (κ2) is 8.77. The number of esters is 1. The average Bonchev–Trinajstić information content (AvgIpc) is 2.50. The number of rotatable bonds is 6. The van der Waals surface area contributed by atoms with Crippen molar-refractivity contribution in [3.05, 3.63) is 0 Å². The predicted molar refractivity (Wildman–Crippen MR) is 86.2 cm³/mol. The van der Waals surface area contributed by atoms with Crippen LogP contribution in [0.4, 0.5) is 0 Å². The van der Waals surface area contributed by atoms with Crippen molar-refractivity contribution in [3.8, 4) is 0 Å². The molecule has 0 saturated heterocycles. The molecule has 2 saturated carbocycles. The van der Waals surface area contributed by atoms with Gasteiger partial charge in [0.05, 0.1) is 12.5 Å². The fourth-order valence-electron chi connectivity index (χ4n) is 4.12. The van der Waals surface area contributed by atoms with E-state index in [0.717, 1.165) is 37.6 Å². The fourth-order valence-corrected chi connectivity index (χ4v) is 4.12. The molecule has 21 heavy (non-hydrogen) atoms. The third kappa shape index (κ3) is 5.28. The van der Waals surface area contributed by atoms with Gasteiger partial charge in [-0.15, -0.1) is 0 Å². The van der Waals surface area contributed by atoms with E-state index in [1.807, 2.05) is 6.92 Å². The Morgan fingerprint density at radius 3 is 2.05 bits per heavy atom. The highest BCUT2D eigenvalue weighted by Gasteiger charge is 2.29. The van der Waals surface area contributed by atoms with Crippen molar-refractivity contribution in [1.82, 2.24) is 5.32 Å². The first kappa shape index (κ1) is 16.8. The van der Waals surface area contributed by atoms with Crippen LogP contribution in [0.15, 0.2) is 0 Å². The standard InChI is InChI=1S/C18H33NO2/c1-3-5-14-6-10-16(11-7-14)19-17-12-8-15(9-13-17)18(20)21-4-2/h14-17,19H,3-13H2,1-2H3. The maximum Gasteiger partial charge on any atom is 0.308 e. The minimum atomic E-state index is 0.0241. The van der Waals surface area contributed by atoms with E-state index in [0.29, 0.717) is 12.6 Å². The van der Waals surface area contributed by atoms with Crippen molar-refractivity contribution in [2.75, 3.05) is 6.61 Å². The van der Waals surface area contributed by atoms with E-state index in [-0.39, 0.29) is 11.9 Å². The van der Waals surface area contributed by atoms with Crippen LogP contribution in [0.3, 0.4) is 0 Å². The zero-order valence-corrected chi connectivity index (χ0v) is 13.9. The van der Waals surface area contributed by atoms with Crippen molar-refractivity contribution in [2.45, 2.75) is 90.1 Å². The molecule has 2 rings (SSSR count). The van der Waals surface area contributed by atoms with E-state index in [1.165, 1.54) is 38.5 Å². The Morgan fingerprint density at radius 1 is 0.952 bits per heavy atom. The number of hydrogen-bond donors (Lipinski definition) is 1. The third-order valence-electron chi connectivity index (χ3n) is 5.36. The molecule has 0 aromatic rings. The lowest BCUT2D eigenvalue weighted by Crippen LogP contribution is -2.43. The molecule has 1 N–H and O–H groups in total. The number of hydrogen-bond acceptors (Lipinski definition) is 3. The van der Waals surface area contributed by atoms with E-state index in [1.54, 1.807) is 0 Å². The molecule has 122 valence electrons. The maximum atomic E-state index is 11.7. The molecule has 0 atom stereocenters. The largest absolute Gasteiger partial charge is 0.466 e. The van der Waals surface area contributed by atoms with Gasteiger partial charge in [-0.2, -0.15) is 0 Å². The van der Waals surface area contributed by atoms with Crippen LogP contribution in [0.5, 0.6) is 0 Å². The van der Waals surface area contributed by atoms with Gasteiger partial charge in [-0.3, -0.25) is 4.79 Å². The van der Waals surface area contributed by atoms with Gasteiger partial charge in [-0.1, -0.05) is 19.8 Å². The summed E-state index contributed by atoms with van der Waals surface area (Å²) in [5.74, 6) is 1.16. The lowest BCUT2D eigenvalue weighted by Gasteiger charge is -2.35. The minimum absolute atomic E-state index is 0.0241. The van der Waals surface area contributed by atoms with Crippen molar-refractivity contribution in [3.63, 3.8) is 0 Å². The molecule has 0 aromatic heterocycles. The normalized spacial score (nSPS) is 33.6. The molecule has 0 amide bonds. The van der Waals surface area contributed by atoms with Crippen LogP contribution in [0, 0.1) is 11.8 Å². The first-order chi connectivity index (χ1) is 10.2. The molecule has 2 aliphatic carbocycles. The Balaban J connectivity index is 1.64. The molecule has 0 bridgehead atoms. The van der Waals surface area contributed by atoms with E-state index in [9.17, 15) is 4.79 Å². The SMILES string of the molecule is CCCC1CCC(NC2CCC(C(=O)OCC)CC2)CC1. The van der Waals surface area contributed by atoms with Crippen molar-refractivity contribution < 1.29 is 9.53 Å².